The Morgan fingerprint density at radius 1 is 1.58 bits per heavy atom. The molecule has 1 aromatic heterocycles. The normalized spacial score (nSPS) is 19.1. The van der Waals surface area contributed by atoms with Gasteiger partial charge in [-0.2, -0.15) is 0 Å². The molecule has 1 aliphatic rings. The van der Waals surface area contributed by atoms with E-state index in [1.54, 1.807) is 11.9 Å². The van der Waals surface area contributed by atoms with E-state index in [1.807, 2.05) is 0 Å². The Labute approximate surface area is 110 Å². The first-order valence-electron chi connectivity index (χ1n) is 6.17. The van der Waals surface area contributed by atoms with Crippen molar-refractivity contribution < 1.29 is 9.66 Å². The predicted molar refractivity (Wildman–Crippen MR) is 70.0 cm³/mol. The van der Waals surface area contributed by atoms with Crippen LogP contribution in [0, 0.1) is 10.1 Å². The van der Waals surface area contributed by atoms with Gasteiger partial charge in [0.15, 0.2) is 0 Å². The molecule has 0 saturated carbocycles. The van der Waals surface area contributed by atoms with Gasteiger partial charge in [-0.25, -0.2) is 9.97 Å². The van der Waals surface area contributed by atoms with E-state index in [9.17, 15) is 10.1 Å². The van der Waals surface area contributed by atoms with Gasteiger partial charge in [-0.15, -0.1) is 0 Å². The predicted octanol–water partition coefficient (Wildman–Crippen LogP) is 0.972. The van der Waals surface area contributed by atoms with E-state index in [-0.39, 0.29) is 23.4 Å². The first kappa shape index (κ1) is 13.5. The summed E-state index contributed by atoms with van der Waals surface area (Å²) in [6, 6.07) is 0. The van der Waals surface area contributed by atoms with Crippen molar-refractivity contribution in [1.82, 2.24) is 9.97 Å². The second-order valence-electron chi connectivity index (χ2n) is 4.56. The quantitative estimate of drug-likeness (QED) is 0.639. The van der Waals surface area contributed by atoms with Crippen molar-refractivity contribution in [2.75, 3.05) is 30.8 Å². The molecule has 0 radical (unpaired) electrons. The molecule has 0 spiro atoms. The van der Waals surface area contributed by atoms with Crippen molar-refractivity contribution in [3.05, 3.63) is 16.4 Å². The zero-order valence-electron chi connectivity index (χ0n) is 10.8. The summed E-state index contributed by atoms with van der Waals surface area (Å²) in [4.78, 5) is 19.8. The smallest absolute Gasteiger partial charge is 0.353 e. The molecule has 1 saturated heterocycles. The molecule has 8 nitrogen and oxygen atoms in total. The number of ether oxygens (including phenoxy) is 1. The van der Waals surface area contributed by atoms with Gasteiger partial charge in [-0.1, -0.05) is 0 Å². The Balaban J connectivity index is 2.16. The molecule has 1 unspecified atom stereocenters. The fourth-order valence-electron chi connectivity index (χ4n) is 2.18. The summed E-state index contributed by atoms with van der Waals surface area (Å²) in [6.07, 6.45) is 4.46. The van der Waals surface area contributed by atoms with Crippen LogP contribution in [0.5, 0.6) is 0 Å². The molecule has 0 aromatic carbocycles. The number of hydrogen-bond acceptors (Lipinski definition) is 7. The Bertz CT molecular complexity index is 462. The van der Waals surface area contributed by atoms with Crippen molar-refractivity contribution >= 4 is 17.3 Å². The van der Waals surface area contributed by atoms with Gasteiger partial charge in [0.1, 0.15) is 6.33 Å². The van der Waals surface area contributed by atoms with Crippen molar-refractivity contribution in [1.29, 1.82) is 0 Å². The lowest BCUT2D eigenvalue weighted by molar-refractivity contribution is -0.383. The van der Waals surface area contributed by atoms with E-state index in [0.717, 1.165) is 25.9 Å². The van der Waals surface area contributed by atoms with Gasteiger partial charge in [-0.3, -0.25) is 10.1 Å². The van der Waals surface area contributed by atoms with Crippen LogP contribution in [-0.2, 0) is 4.74 Å². The fourth-order valence-corrected chi connectivity index (χ4v) is 2.18. The number of hydrogen-bond donors (Lipinski definition) is 1. The maximum absolute atomic E-state index is 11.0. The molecule has 104 valence electrons. The lowest BCUT2D eigenvalue weighted by Crippen LogP contribution is -2.34. The lowest BCUT2D eigenvalue weighted by Gasteiger charge is -2.27. The van der Waals surface area contributed by atoms with E-state index in [2.05, 4.69) is 9.97 Å². The summed E-state index contributed by atoms with van der Waals surface area (Å²) in [5, 5.41) is 11.0. The zero-order valence-corrected chi connectivity index (χ0v) is 10.8. The molecular weight excluding hydrogens is 250 g/mol. The van der Waals surface area contributed by atoms with Crippen LogP contribution in [0.25, 0.3) is 0 Å². The fraction of sp³-hybridized carbons (Fsp3) is 0.636. The highest BCUT2D eigenvalue weighted by atomic mass is 16.6. The second-order valence-corrected chi connectivity index (χ2v) is 4.56. The Morgan fingerprint density at radius 3 is 3.00 bits per heavy atom. The molecule has 2 N–H and O–H groups in total. The summed E-state index contributed by atoms with van der Waals surface area (Å²) in [5.41, 5.74) is 5.29. The van der Waals surface area contributed by atoms with Gasteiger partial charge in [-0.05, 0) is 19.3 Å². The van der Waals surface area contributed by atoms with Crippen LogP contribution < -0.4 is 10.6 Å². The number of anilines is 2. The van der Waals surface area contributed by atoms with E-state index >= 15 is 0 Å². The third-order valence-electron chi connectivity index (χ3n) is 3.13. The standard InChI is InChI=1S/C11H17N5O3/c1-15(6-8-4-2-3-5-19-8)11-9(16(17)18)10(12)13-7-14-11/h7-8H,2-6H2,1H3,(H2,12,13,14). The van der Waals surface area contributed by atoms with Crippen LogP contribution in [0.2, 0.25) is 0 Å². The van der Waals surface area contributed by atoms with Gasteiger partial charge in [0, 0.05) is 20.2 Å². The number of nitro groups is 1. The number of likely N-dealkylation sites (N-methyl/N-ethyl adjacent to an activating group) is 1. The van der Waals surface area contributed by atoms with Crippen molar-refractivity contribution in [3.8, 4) is 0 Å². The molecule has 1 aromatic rings. The minimum atomic E-state index is -0.553. The minimum absolute atomic E-state index is 0.0783. The average Bonchev–Trinajstić information content (AvgIpc) is 2.39. The average molecular weight is 267 g/mol. The van der Waals surface area contributed by atoms with Crippen LogP contribution in [0.1, 0.15) is 19.3 Å². The molecule has 0 amide bonds. The van der Waals surface area contributed by atoms with Gasteiger partial charge < -0.3 is 15.4 Å². The maximum Gasteiger partial charge on any atom is 0.353 e. The number of nitrogen functional groups attached to an aromatic ring is 1. The Hall–Kier alpha value is -1.96. The van der Waals surface area contributed by atoms with Crippen molar-refractivity contribution in [3.63, 3.8) is 0 Å². The van der Waals surface area contributed by atoms with Gasteiger partial charge in [0.2, 0.25) is 11.6 Å². The molecule has 19 heavy (non-hydrogen) atoms. The van der Waals surface area contributed by atoms with E-state index in [0.29, 0.717) is 6.54 Å². The van der Waals surface area contributed by atoms with Crippen molar-refractivity contribution in [2.24, 2.45) is 0 Å². The van der Waals surface area contributed by atoms with E-state index in [4.69, 9.17) is 10.5 Å². The number of nitrogens with two attached hydrogens (primary N) is 1. The highest BCUT2D eigenvalue weighted by molar-refractivity contribution is 5.68. The summed E-state index contributed by atoms with van der Waals surface area (Å²) in [6.45, 7) is 1.30. The minimum Gasteiger partial charge on any atom is -0.378 e. The molecule has 1 aliphatic heterocycles. The highest BCUT2D eigenvalue weighted by Crippen LogP contribution is 2.29. The second kappa shape index (κ2) is 5.79. The molecular formula is C11H17N5O3. The highest BCUT2D eigenvalue weighted by Gasteiger charge is 2.25. The molecule has 1 fully saturated rings. The number of nitrogens with zero attached hydrogens (tertiary/aromatic N) is 4. The topological polar surface area (TPSA) is 107 Å². The van der Waals surface area contributed by atoms with Crippen LogP contribution in [0.15, 0.2) is 6.33 Å². The molecule has 0 aliphatic carbocycles. The first-order valence-corrected chi connectivity index (χ1v) is 6.17. The summed E-state index contributed by atoms with van der Waals surface area (Å²) in [7, 11) is 1.74. The van der Waals surface area contributed by atoms with Crippen molar-refractivity contribution in [2.45, 2.75) is 25.4 Å². The van der Waals surface area contributed by atoms with E-state index in [1.165, 1.54) is 6.33 Å². The lowest BCUT2D eigenvalue weighted by atomic mass is 10.1. The van der Waals surface area contributed by atoms with Crippen LogP contribution >= 0.6 is 0 Å². The molecule has 2 rings (SSSR count). The summed E-state index contributed by atoms with van der Waals surface area (Å²) < 4.78 is 5.61. The molecule has 0 bridgehead atoms. The molecule has 1 atom stereocenters. The maximum atomic E-state index is 11.0. The SMILES string of the molecule is CN(CC1CCCCO1)c1ncnc(N)c1[N+](=O)[O-]. The van der Waals surface area contributed by atoms with Crippen LogP contribution in [0.3, 0.4) is 0 Å². The summed E-state index contributed by atoms with van der Waals surface area (Å²) >= 11 is 0. The number of rotatable bonds is 4. The Morgan fingerprint density at radius 2 is 2.37 bits per heavy atom. The summed E-state index contributed by atoms with van der Waals surface area (Å²) in [5.74, 6) is 0.109. The van der Waals surface area contributed by atoms with Crippen LogP contribution in [-0.4, -0.2) is 41.2 Å². The number of aromatic nitrogens is 2. The van der Waals surface area contributed by atoms with E-state index < -0.39 is 4.92 Å². The molecule has 2 heterocycles. The largest absolute Gasteiger partial charge is 0.378 e. The van der Waals surface area contributed by atoms with Crippen LogP contribution in [0.4, 0.5) is 17.3 Å². The third kappa shape index (κ3) is 3.08. The Kier molecular flexibility index (Phi) is 4.10. The van der Waals surface area contributed by atoms with Gasteiger partial charge >= 0.3 is 5.69 Å². The third-order valence-corrected chi connectivity index (χ3v) is 3.13. The zero-order chi connectivity index (χ0) is 13.8. The first-order chi connectivity index (χ1) is 9.09. The molecule has 8 heteroatoms. The monoisotopic (exact) mass is 267 g/mol. The van der Waals surface area contributed by atoms with Gasteiger partial charge in [0.25, 0.3) is 0 Å². The van der Waals surface area contributed by atoms with Gasteiger partial charge in [0.05, 0.1) is 11.0 Å².